The van der Waals surface area contributed by atoms with Crippen LogP contribution in [-0.2, 0) is 12.6 Å². The zero-order chi connectivity index (χ0) is 20.9. The summed E-state index contributed by atoms with van der Waals surface area (Å²) in [4.78, 5) is 4.31. The van der Waals surface area contributed by atoms with Gasteiger partial charge in [0.05, 0.1) is 5.69 Å². The molecule has 3 aromatic rings. The summed E-state index contributed by atoms with van der Waals surface area (Å²) >= 11 is 4.08. The average molecular weight is 408 g/mol. The molecule has 2 N–H and O–H groups in total. The van der Waals surface area contributed by atoms with E-state index in [-0.39, 0.29) is 5.95 Å². The Morgan fingerprint density at radius 2 is 1.75 bits per heavy atom. The van der Waals surface area contributed by atoms with Crippen molar-refractivity contribution in [3.8, 4) is 5.69 Å². The largest absolute Gasteiger partial charge is 0.453 e. The summed E-state index contributed by atoms with van der Waals surface area (Å²) < 4.78 is 39.0. The predicted octanol–water partition coefficient (Wildman–Crippen LogP) is 5.53. The summed E-state index contributed by atoms with van der Waals surface area (Å²) in [5, 5.41) is 3.49. The molecule has 0 aliphatic heterocycles. The van der Waals surface area contributed by atoms with Crippen LogP contribution >= 0.6 is 12.6 Å². The van der Waals surface area contributed by atoms with Crippen LogP contribution < -0.4 is 5.73 Å². The first-order chi connectivity index (χ1) is 13.1. The van der Waals surface area contributed by atoms with Crippen molar-refractivity contribution in [1.29, 1.82) is 0 Å². The molecule has 0 bridgehead atoms. The maximum atomic E-state index is 12.7. The molecule has 0 amide bonds. The number of aromatic nitrogens is 3. The molecule has 0 radical (unpaired) electrons. The van der Waals surface area contributed by atoms with Gasteiger partial charge in [-0.25, -0.2) is 0 Å². The highest BCUT2D eigenvalue weighted by atomic mass is 32.1. The standard InChI is InChI=1S/C14H17F3N4.C6H6S/c1-4-9-7-10(8(2)3)5-6-11(9)21-13(18)19-12(20-21)14(15,16)17;7-6-4-2-1-3-5-6/h5-8H,4H2,1-3H3,(H2,18,19,20);1-5,7H. The van der Waals surface area contributed by atoms with Crippen LogP contribution in [0, 0.1) is 0 Å². The summed E-state index contributed by atoms with van der Waals surface area (Å²) in [5.74, 6) is -1.16. The van der Waals surface area contributed by atoms with Crippen LogP contribution in [0.1, 0.15) is 43.6 Å². The lowest BCUT2D eigenvalue weighted by molar-refractivity contribution is -0.144. The highest BCUT2D eigenvalue weighted by Crippen LogP contribution is 2.29. The minimum Gasteiger partial charge on any atom is -0.368 e. The summed E-state index contributed by atoms with van der Waals surface area (Å²) in [5.41, 5.74) is 8.11. The molecule has 0 unspecified atom stereocenters. The average Bonchev–Trinajstić information content (AvgIpc) is 3.04. The van der Waals surface area contributed by atoms with Crippen molar-refractivity contribution in [2.24, 2.45) is 0 Å². The van der Waals surface area contributed by atoms with Gasteiger partial charge in [0.25, 0.3) is 5.82 Å². The Balaban J connectivity index is 0.000000336. The number of thiol groups is 1. The van der Waals surface area contributed by atoms with Crippen LogP contribution in [0.2, 0.25) is 0 Å². The van der Waals surface area contributed by atoms with Gasteiger partial charge >= 0.3 is 6.18 Å². The number of halogens is 3. The predicted molar refractivity (Wildman–Crippen MR) is 108 cm³/mol. The molecule has 28 heavy (non-hydrogen) atoms. The molecule has 4 nitrogen and oxygen atoms in total. The van der Waals surface area contributed by atoms with Crippen molar-refractivity contribution >= 4 is 18.6 Å². The maximum absolute atomic E-state index is 12.7. The molecule has 150 valence electrons. The monoisotopic (exact) mass is 408 g/mol. The van der Waals surface area contributed by atoms with Crippen LogP contribution in [0.5, 0.6) is 0 Å². The Morgan fingerprint density at radius 3 is 2.18 bits per heavy atom. The number of alkyl halides is 3. The number of nitrogen functional groups attached to an aromatic ring is 1. The lowest BCUT2D eigenvalue weighted by Gasteiger charge is -2.13. The van der Waals surface area contributed by atoms with Crippen molar-refractivity contribution in [1.82, 2.24) is 14.8 Å². The third-order valence-corrected chi connectivity index (χ3v) is 4.32. The topological polar surface area (TPSA) is 56.7 Å². The number of nitrogens with zero attached hydrogens (tertiary/aromatic N) is 3. The Kier molecular flexibility index (Phi) is 7.12. The highest BCUT2D eigenvalue weighted by molar-refractivity contribution is 7.80. The van der Waals surface area contributed by atoms with E-state index in [2.05, 4.69) is 36.6 Å². The minimum absolute atomic E-state index is 0.269. The van der Waals surface area contributed by atoms with Gasteiger partial charge < -0.3 is 5.73 Å². The second-order valence-electron chi connectivity index (χ2n) is 6.44. The lowest BCUT2D eigenvalue weighted by atomic mass is 9.98. The van der Waals surface area contributed by atoms with E-state index in [1.54, 1.807) is 6.07 Å². The Hall–Kier alpha value is -2.48. The third kappa shape index (κ3) is 5.51. The van der Waals surface area contributed by atoms with Gasteiger partial charge in [0, 0.05) is 4.90 Å². The van der Waals surface area contributed by atoms with Gasteiger partial charge in [-0.15, -0.1) is 17.7 Å². The number of anilines is 1. The van der Waals surface area contributed by atoms with Gasteiger partial charge in [-0.1, -0.05) is 51.1 Å². The van der Waals surface area contributed by atoms with E-state index < -0.39 is 12.0 Å². The highest BCUT2D eigenvalue weighted by Gasteiger charge is 2.37. The molecule has 0 aliphatic rings. The van der Waals surface area contributed by atoms with Crippen molar-refractivity contribution in [2.75, 3.05) is 5.73 Å². The van der Waals surface area contributed by atoms with Crippen LogP contribution in [-0.4, -0.2) is 14.8 Å². The Bertz CT molecular complexity index is 906. The van der Waals surface area contributed by atoms with E-state index in [1.165, 1.54) is 0 Å². The number of rotatable bonds is 3. The molecule has 8 heteroatoms. The Morgan fingerprint density at radius 1 is 1.11 bits per heavy atom. The number of aryl methyl sites for hydroxylation is 1. The molecule has 1 heterocycles. The van der Waals surface area contributed by atoms with Gasteiger partial charge in [-0.2, -0.15) is 22.8 Å². The fourth-order valence-corrected chi connectivity index (χ4v) is 2.68. The first kappa shape index (κ1) is 21.8. The van der Waals surface area contributed by atoms with E-state index in [4.69, 9.17) is 5.73 Å². The van der Waals surface area contributed by atoms with E-state index >= 15 is 0 Å². The number of nitrogens with two attached hydrogens (primary N) is 1. The smallest absolute Gasteiger partial charge is 0.368 e. The molecule has 0 atom stereocenters. The first-order valence-electron chi connectivity index (χ1n) is 8.80. The second kappa shape index (κ2) is 9.14. The third-order valence-electron chi connectivity index (χ3n) is 4.02. The zero-order valence-electron chi connectivity index (χ0n) is 15.9. The fourth-order valence-electron chi connectivity index (χ4n) is 2.50. The van der Waals surface area contributed by atoms with Crippen molar-refractivity contribution in [3.63, 3.8) is 0 Å². The van der Waals surface area contributed by atoms with Gasteiger partial charge in [-0.3, -0.25) is 0 Å². The molecule has 0 saturated carbocycles. The van der Waals surface area contributed by atoms with Crippen LogP contribution in [0.4, 0.5) is 19.1 Å². The normalized spacial score (nSPS) is 11.3. The maximum Gasteiger partial charge on any atom is 0.453 e. The molecule has 0 fully saturated rings. The lowest BCUT2D eigenvalue weighted by Crippen LogP contribution is -2.09. The molecule has 3 rings (SSSR count). The van der Waals surface area contributed by atoms with Gasteiger partial charge in [0.15, 0.2) is 0 Å². The summed E-state index contributed by atoms with van der Waals surface area (Å²) in [7, 11) is 0. The quantitative estimate of drug-likeness (QED) is 0.560. The Labute approximate surface area is 168 Å². The number of benzene rings is 2. The molecule has 0 aliphatic carbocycles. The van der Waals surface area contributed by atoms with Crippen molar-refractivity contribution in [3.05, 3.63) is 65.5 Å². The first-order valence-corrected chi connectivity index (χ1v) is 9.25. The molecule has 2 aromatic carbocycles. The van der Waals surface area contributed by atoms with Crippen LogP contribution in [0.3, 0.4) is 0 Å². The summed E-state index contributed by atoms with van der Waals surface area (Å²) in [6.07, 6.45) is -3.94. The van der Waals surface area contributed by atoms with E-state index in [0.717, 1.165) is 20.7 Å². The molecular weight excluding hydrogens is 385 g/mol. The van der Waals surface area contributed by atoms with Gasteiger partial charge in [0.1, 0.15) is 0 Å². The van der Waals surface area contributed by atoms with E-state index in [0.29, 0.717) is 18.0 Å². The van der Waals surface area contributed by atoms with Crippen LogP contribution in [0.25, 0.3) is 5.69 Å². The van der Waals surface area contributed by atoms with E-state index in [9.17, 15) is 13.2 Å². The van der Waals surface area contributed by atoms with E-state index in [1.807, 2.05) is 49.4 Å². The van der Waals surface area contributed by atoms with Crippen LogP contribution in [0.15, 0.2) is 53.4 Å². The van der Waals surface area contributed by atoms with Gasteiger partial charge in [0.2, 0.25) is 5.95 Å². The molecular formula is C20H23F3N4S. The molecule has 1 aromatic heterocycles. The molecule has 0 spiro atoms. The van der Waals surface area contributed by atoms with Crippen molar-refractivity contribution in [2.45, 2.75) is 44.2 Å². The SMILES string of the molecule is CCc1cc(C(C)C)ccc1-n1nc(C(F)(F)F)nc1N.Sc1ccccc1. The minimum atomic E-state index is -4.61. The zero-order valence-corrected chi connectivity index (χ0v) is 16.8. The van der Waals surface area contributed by atoms with Crippen molar-refractivity contribution < 1.29 is 13.2 Å². The summed E-state index contributed by atoms with van der Waals surface area (Å²) in [6.45, 7) is 6.04. The second-order valence-corrected chi connectivity index (χ2v) is 6.95. The van der Waals surface area contributed by atoms with Gasteiger partial charge in [-0.05, 0) is 41.7 Å². The fraction of sp³-hybridized carbons (Fsp3) is 0.300. The molecule has 0 saturated heterocycles. The number of hydrogen-bond donors (Lipinski definition) is 2. The summed E-state index contributed by atoms with van der Waals surface area (Å²) in [6, 6.07) is 15.4. The number of hydrogen-bond acceptors (Lipinski definition) is 4.